The molecule has 3 nitrogen and oxygen atoms in total. The summed E-state index contributed by atoms with van der Waals surface area (Å²) in [4.78, 5) is 0. The molecule has 1 unspecified atom stereocenters. The van der Waals surface area contributed by atoms with Gasteiger partial charge < -0.3 is 15.2 Å². The molecule has 0 spiro atoms. The first-order valence-corrected chi connectivity index (χ1v) is 8.29. The summed E-state index contributed by atoms with van der Waals surface area (Å²) in [5.41, 5.74) is 1.15. The standard InChI is InChI=1S/C18H29NO2/c1-15(17-10-6-3-7-11-17)19-12-18(20)14-21-13-16-8-4-2-5-9-16/h2,4-5,8-9,15,17-20H,3,6-7,10-14H2,1H3/t15-,18?/m0/s1. The smallest absolute Gasteiger partial charge is 0.0897 e. The van der Waals surface area contributed by atoms with Crippen molar-refractivity contribution in [2.24, 2.45) is 5.92 Å². The fourth-order valence-corrected chi connectivity index (χ4v) is 3.07. The number of hydrogen-bond donors (Lipinski definition) is 2. The molecule has 0 bridgehead atoms. The van der Waals surface area contributed by atoms with Gasteiger partial charge in [0.1, 0.15) is 0 Å². The topological polar surface area (TPSA) is 41.5 Å². The first-order valence-electron chi connectivity index (χ1n) is 8.29. The van der Waals surface area contributed by atoms with E-state index in [0.29, 0.717) is 25.8 Å². The number of hydrogen-bond acceptors (Lipinski definition) is 3. The highest BCUT2D eigenvalue weighted by atomic mass is 16.5. The maximum atomic E-state index is 9.99. The molecule has 1 aliphatic rings. The van der Waals surface area contributed by atoms with E-state index in [2.05, 4.69) is 12.2 Å². The highest BCUT2D eigenvalue weighted by Gasteiger charge is 2.20. The van der Waals surface area contributed by atoms with Gasteiger partial charge in [-0.15, -0.1) is 0 Å². The van der Waals surface area contributed by atoms with E-state index in [0.717, 1.165) is 11.5 Å². The summed E-state index contributed by atoms with van der Waals surface area (Å²) in [6.45, 7) is 3.81. The van der Waals surface area contributed by atoms with Crippen LogP contribution in [0.2, 0.25) is 0 Å². The molecule has 2 atom stereocenters. The Morgan fingerprint density at radius 2 is 1.90 bits per heavy atom. The summed E-state index contributed by atoms with van der Waals surface area (Å²) >= 11 is 0. The fourth-order valence-electron chi connectivity index (χ4n) is 3.07. The Kier molecular flexibility index (Phi) is 7.20. The molecule has 2 rings (SSSR count). The van der Waals surface area contributed by atoms with Crippen molar-refractivity contribution in [2.45, 2.75) is 57.8 Å². The van der Waals surface area contributed by atoms with Crippen molar-refractivity contribution in [3.63, 3.8) is 0 Å². The number of aliphatic hydroxyl groups excluding tert-OH is 1. The average Bonchev–Trinajstić information content (AvgIpc) is 2.54. The van der Waals surface area contributed by atoms with Crippen LogP contribution in [-0.2, 0) is 11.3 Å². The fraction of sp³-hybridized carbons (Fsp3) is 0.667. The van der Waals surface area contributed by atoms with Gasteiger partial charge in [0.25, 0.3) is 0 Å². The van der Waals surface area contributed by atoms with Crippen molar-refractivity contribution in [2.75, 3.05) is 13.2 Å². The van der Waals surface area contributed by atoms with Gasteiger partial charge in [-0.2, -0.15) is 0 Å². The van der Waals surface area contributed by atoms with Gasteiger partial charge in [-0.1, -0.05) is 49.6 Å². The van der Waals surface area contributed by atoms with Crippen molar-refractivity contribution in [1.29, 1.82) is 0 Å². The molecule has 0 aliphatic heterocycles. The van der Waals surface area contributed by atoms with Gasteiger partial charge in [-0.25, -0.2) is 0 Å². The normalized spacial score (nSPS) is 19.3. The van der Waals surface area contributed by atoms with Crippen molar-refractivity contribution in [3.8, 4) is 0 Å². The van der Waals surface area contributed by atoms with E-state index in [1.165, 1.54) is 32.1 Å². The van der Waals surface area contributed by atoms with Crippen LogP contribution in [0, 0.1) is 5.92 Å². The van der Waals surface area contributed by atoms with Crippen LogP contribution in [0.1, 0.15) is 44.6 Å². The zero-order chi connectivity index (χ0) is 14.9. The van der Waals surface area contributed by atoms with Crippen LogP contribution in [0.5, 0.6) is 0 Å². The van der Waals surface area contributed by atoms with Gasteiger partial charge in [-0.05, 0) is 31.2 Å². The van der Waals surface area contributed by atoms with Crippen molar-refractivity contribution in [1.82, 2.24) is 5.32 Å². The van der Waals surface area contributed by atoms with Crippen LogP contribution in [0.25, 0.3) is 0 Å². The van der Waals surface area contributed by atoms with Gasteiger partial charge in [0.2, 0.25) is 0 Å². The first kappa shape index (κ1) is 16.5. The minimum absolute atomic E-state index is 0.388. The number of benzene rings is 1. The van der Waals surface area contributed by atoms with Gasteiger partial charge in [0.05, 0.1) is 19.3 Å². The number of aliphatic hydroxyl groups is 1. The molecule has 0 saturated heterocycles. The summed E-state index contributed by atoms with van der Waals surface area (Å²) in [7, 11) is 0. The summed E-state index contributed by atoms with van der Waals surface area (Å²) in [5, 5.41) is 13.5. The molecule has 21 heavy (non-hydrogen) atoms. The van der Waals surface area contributed by atoms with Crippen LogP contribution in [0.3, 0.4) is 0 Å². The van der Waals surface area contributed by atoms with Gasteiger partial charge in [0.15, 0.2) is 0 Å². The summed E-state index contributed by atoms with van der Waals surface area (Å²) in [5.74, 6) is 0.774. The van der Waals surface area contributed by atoms with Gasteiger partial charge >= 0.3 is 0 Å². The largest absolute Gasteiger partial charge is 0.389 e. The molecular weight excluding hydrogens is 262 g/mol. The summed E-state index contributed by atoms with van der Waals surface area (Å²) in [6, 6.07) is 10.6. The SMILES string of the molecule is C[C@H](NCC(O)COCc1ccccc1)C1CCCCC1. The minimum Gasteiger partial charge on any atom is -0.389 e. The van der Waals surface area contributed by atoms with E-state index in [4.69, 9.17) is 4.74 Å². The lowest BCUT2D eigenvalue weighted by molar-refractivity contribution is 0.0266. The maximum absolute atomic E-state index is 9.99. The monoisotopic (exact) mass is 291 g/mol. The molecule has 1 aromatic carbocycles. The van der Waals surface area contributed by atoms with E-state index < -0.39 is 6.10 Å². The maximum Gasteiger partial charge on any atom is 0.0897 e. The van der Waals surface area contributed by atoms with Crippen molar-refractivity contribution >= 4 is 0 Å². The van der Waals surface area contributed by atoms with Crippen LogP contribution in [0.4, 0.5) is 0 Å². The number of nitrogens with one attached hydrogen (secondary N) is 1. The van der Waals surface area contributed by atoms with Gasteiger partial charge in [-0.3, -0.25) is 0 Å². The lowest BCUT2D eigenvalue weighted by Gasteiger charge is -2.29. The van der Waals surface area contributed by atoms with Crippen LogP contribution < -0.4 is 5.32 Å². The molecule has 1 aromatic rings. The van der Waals surface area contributed by atoms with Crippen LogP contribution in [-0.4, -0.2) is 30.4 Å². The van der Waals surface area contributed by atoms with Crippen LogP contribution in [0.15, 0.2) is 30.3 Å². The summed E-state index contributed by atoms with van der Waals surface area (Å²) < 4.78 is 5.57. The molecule has 0 heterocycles. The molecular formula is C18H29NO2. The lowest BCUT2D eigenvalue weighted by atomic mass is 9.84. The molecule has 0 radical (unpaired) electrons. The van der Waals surface area contributed by atoms with Crippen molar-refractivity contribution in [3.05, 3.63) is 35.9 Å². The molecule has 0 amide bonds. The van der Waals surface area contributed by atoms with Crippen molar-refractivity contribution < 1.29 is 9.84 Å². The van der Waals surface area contributed by atoms with E-state index in [-0.39, 0.29) is 0 Å². The van der Waals surface area contributed by atoms with E-state index in [9.17, 15) is 5.11 Å². The third kappa shape index (κ3) is 6.16. The second kappa shape index (κ2) is 9.19. The number of rotatable bonds is 8. The number of ether oxygens (including phenoxy) is 1. The molecule has 1 aliphatic carbocycles. The lowest BCUT2D eigenvalue weighted by Crippen LogP contribution is -2.40. The Balaban J connectivity index is 1.57. The Labute approximate surface area is 128 Å². The predicted octanol–water partition coefficient (Wildman–Crippen LogP) is 3.12. The summed E-state index contributed by atoms with van der Waals surface area (Å²) in [6.07, 6.45) is 6.33. The zero-order valence-electron chi connectivity index (χ0n) is 13.1. The zero-order valence-corrected chi connectivity index (χ0v) is 13.1. The molecule has 2 N–H and O–H groups in total. The second-order valence-corrected chi connectivity index (χ2v) is 6.25. The highest BCUT2D eigenvalue weighted by molar-refractivity contribution is 5.13. The van der Waals surface area contributed by atoms with E-state index in [1.54, 1.807) is 0 Å². The molecule has 118 valence electrons. The van der Waals surface area contributed by atoms with Gasteiger partial charge in [0, 0.05) is 12.6 Å². The Hall–Kier alpha value is -0.900. The third-order valence-electron chi connectivity index (χ3n) is 4.45. The van der Waals surface area contributed by atoms with E-state index in [1.807, 2.05) is 30.3 Å². The van der Waals surface area contributed by atoms with E-state index >= 15 is 0 Å². The second-order valence-electron chi connectivity index (χ2n) is 6.25. The average molecular weight is 291 g/mol. The Bertz CT molecular complexity index is 376. The molecule has 3 heteroatoms. The van der Waals surface area contributed by atoms with Crippen LogP contribution >= 0.6 is 0 Å². The first-order chi connectivity index (χ1) is 10.3. The third-order valence-corrected chi connectivity index (χ3v) is 4.45. The Morgan fingerprint density at radius 1 is 1.19 bits per heavy atom. The minimum atomic E-state index is -0.431. The quantitative estimate of drug-likeness (QED) is 0.773. The Morgan fingerprint density at radius 3 is 2.62 bits per heavy atom. The molecule has 1 fully saturated rings. The molecule has 0 aromatic heterocycles. The molecule has 1 saturated carbocycles. The highest BCUT2D eigenvalue weighted by Crippen LogP contribution is 2.26. The predicted molar refractivity (Wildman–Crippen MR) is 86.1 cm³/mol.